The van der Waals surface area contributed by atoms with Crippen LogP contribution in [-0.4, -0.2) is 37.0 Å². The van der Waals surface area contributed by atoms with Crippen LogP contribution in [0.1, 0.15) is 25.5 Å². The number of ether oxygens (including phenoxy) is 1. The molecule has 0 spiro atoms. The Morgan fingerprint density at radius 1 is 1.23 bits per heavy atom. The largest absolute Gasteiger partial charge is 0.450 e. The monoisotopic (exact) mass is 319 g/mol. The molecule has 0 saturated carbocycles. The molecule has 120 valence electrons. The van der Waals surface area contributed by atoms with Gasteiger partial charge in [0, 0.05) is 8.07 Å². The standard InChI is InChI=1S/C17H25NO3Si/c1-6-21-16(20)18-15(14-10-8-7-9-11-14)17(18,13(2)19)12-22(3,4)5/h7-11,15H,6,12H2,1-5H3. The molecule has 1 amide bonds. The first kappa shape index (κ1) is 16.7. The van der Waals surface area contributed by atoms with Crippen LogP contribution in [0.2, 0.25) is 25.7 Å². The Kier molecular flexibility index (Phi) is 4.47. The highest BCUT2D eigenvalue weighted by Crippen LogP contribution is 2.58. The topological polar surface area (TPSA) is 46.4 Å². The molecule has 1 aliphatic rings. The second-order valence-electron chi connectivity index (χ2n) is 7.10. The summed E-state index contributed by atoms with van der Waals surface area (Å²) >= 11 is 0. The van der Waals surface area contributed by atoms with Crippen LogP contribution in [-0.2, 0) is 9.53 Å². The zero-order valence-corrected chi connectivity index (χ0v) is 15.1. The van der Waals surface area contributed by atoms with Crippen molar-refractivity contribution in [3.05, 3.63) is 35.9 Å². The summed E-state index contributed by atoms with van der Waals surface area (Å²) in [5.41, 5.74) is 0.280. The fourth-order valence-electron chi connectivity index (χ4n) is 3.33. The quantitative estimate of drug-likeness (QED) is 0.611. The Balaban J connectivity index is 2.43. The molecular formula is C17H25NO3Si. The second-order valence-corrected chi connectivity index (χ2v) is 12.6. The van der Waals surface area contributed by atoms with Crippen molar-refractivity contribution in [2.45, 2.75) is 51.1 Å². The van der Waals surface area contributed by atoms with Gasteiger partial charge in [0.2, 0.25) is 0 Å². The predicted molar refractivity (Wildman–Crippen MR) is 89.6 cm³/mol. The first-order valence-electron chi connectivity index (χ1n) is 7.76. The van der Waals surface area contributed by atoms with Gasteiger partial charge in [-0.15, -0.1) is 0 Å². The number of rotatable bonds is 5. The zero-order chi connectivity index (χ0) is 16.5. The van der Waals surface area contributed by atoms with Crippen molar-refractivity contribution in [2.75, 3.05) is 6.61 Å². The summed E-state index contributed by atoms with van der Waals surface area (Å²) in [4.78, 5) is 26.5. The second kappa shape index (κ2) is 5.87. The number of amides is 1. The van der Waals surface area contributed by atoms with Gasteiger partial charge in [-0.05, 0) is 25.5 Å². The molecule has 2 rings (SSSR count). The fraction of sp³-hybridized carbons (Fsp3) is 0.529. The minimum Gasteiger partial charge on any atom is -0.450 e. The van der Waals surface area contributed by atoms with Gasteiger partial charge in [-0.2, -0.15) is 0 Å². The normalized spacial score (nSPS) is 24.0. The summed E-state index contributed by atoms with van der Waals surface area (Å²) in [7, 11) is -1.55. The predicted octanol–water partition coefficient (Wildman–Crippen LogP) is 3.87. The molecule has 1 fully saturated rings. The Morgan fingerprint density at radius 3 is 2.27 bits per heavy atom. The van der Waals surface area contributed by atoms with Gasteiger partial charge >= 0.3 is 6.09 Å². The third kappa shape index (κ3) is 2.95. The summed E-state index contributed by atoms with van der Waals surface area (Å²) in [6.45, 7) is 10.4. The Bertz CT molecular complexity index is 567. The molecule has 0 N–H and O–H groups in total. The third-order valence-electron chi connectivity index (χ3n) is 4.06. The van der Waals surface area contributed by atoms with E-state index < -0.39 is 13.6 Å². The van der Waals surface area contributed by atoms with Gasteiger partial charge < -0.3 is 4.74 Å². The van der Waals surface area contributed by atoms with E-state index in [4.69, 9.17) is 4.74 Å². The maximum atomic E-state index is 12.5. The van der Waals surface area contributed by atoms with Crippen LogP contribution in [0.3, 0.4) is 0 Å². The number of carbonyl (C=O) groups excluding carboxylic acids is 2. The average Bonchev–Trinajstić information content (AvgIpc) is 3.08. The summed E-state index contributed by atoms with van der Waals surface area (Å²) in [5.74, 6) is 0.0526. The molecule has 22 heavy (non-hydrogen) atoms. The van der Waals surface area contributed by atoms with Gasteiger partial charge in [-0.3, -0.25) is 9.69 Å². The van der Waals surface area contributed by atoms with Gasteiger partial charge in [0.25, 0.3) is 0 Å². The molecule has 0 aliphatic carbocycles. The van der Waals surface area contributed by atoms with E-state index in [1.54, 1.807) is 18.7 Å². The van der Waals surface area contributed by atoms with Crippen molar-refractivity contribution in [2.24, 2.45) is 0 Å². The number of hydrogen-bond acceptors (Lipinski definition) is 3. The molecule has 1 aromatic carbocycles. The Hall–Kier alpha value is -1.62. The molecule has 2 unspecified atom stereocenters. The minimum atomic E-state index is -1.55. The molecule has 0 aromatic heterocycles. The molecule has 1 aromatic rings. The SMILES string of the molecule is CCOC(=O)N1C(c2ccccc2)C1(C[Si](C)(C)C)C(C)=O. The molecule has 1 saturated heterocycles. The van der Waals surface area contributed by atoms with Crippen LogP contribution in [0.4, 0.5) is 4.79 Å². The van der Waals surface area contributed by atoms with E-state index in [2.05, 4.69) is 19.6 Å². The molecule has 1 aliphatic heterocycles. The number of carbonyl (C=O) groups is 2. The van der Waals surface area contributed by atoms with Crippen LogP contribution < -0.4 is 0 Å². The van der Waals surface area contributed by atoms with Gasteiger partial charge in [0.05, 0.1) is 12.6 Å². The molecular weight excluding hydrogens is 294 g/mol. The molecule has 0 bridgehead atoms. The van der Waals surface area contributed by atoms with Gasteiger partial charge in [0.15, 0.2) is 5.78 Å². The van der Waals surface area contributed by atoms with Crippen LogP contribution in [0.25, 0.3) is 0 Å². The lowest BCUT2D eigenvalue weighted by Crippen LogP contribution is -2.38. The van der Waals surface area contributed by atoms with Crippen LogP contribution in [0.5, 0.6) is 0 Å². The molecule has 0 radical (unpaired) electrons. The lowest BCUT2D eigenvalue weighted by Gasteiger charge is -2.23. The summed E-state index contributed by atoms with van der Waals surface area (Å²) in [6.07, 6.45) is -0.384. The number of benzene rings is 1. The maximum absolute atomic E-state index is 12.5. The van der Waals surface area contributed by atoms with Crippen molar-refractivity contribution in [3.8, 4) is 0 Å². The van der Waals surface area contributed by atoms with Crippen molar-refractivity contribution in [1.29, 1.82) is 0 Å². The first-order chi connectivity index (χ1) is 10.2. The maximum Gasteiger partial charge on any atom is 0.411 e. The van der Waals surface area contributed by atoms with Crippen LogP contribution >= 0.6 is 0 Å². The third-order valence-corrected chi connectivity index (χ3v) is 5.66. The van der Waals surface area contributed by atoms with E-state index in [-0.39, 0.29) is 17.9 Å². The summed E-state index contributed by atoms with van der Waals surface area (Å²) in [5, 5.41) is 0. The van der Waals surface area contributed by atoms with Gasteiger partial charge in [-0.1, -0.05) is 50.0 Å². The fourth-order valence-corrected chi connectivity index (χ4v) is 5.56. The van der Waals surface area contributed by atoms with Crippen LogP contribution in [0.15, 0.2) is 30.3 Å². The number of hydrogen-bond donors (Lipinski definition) is 0. The van der Waals surface area contributed by atoms with E-state index in [9.17, 15) is 9.59 Å². The molecule has 4 nitrogen and oxygen atoms in total. The van der Waals surface area contributed by atoms with Crippen molar-refractivity contribution >= 4 is 20.0 Å². The Labute approximate surface area is 133 Å². The highest BCUT2D eigenvalue weighted by Gasteiger charge is 2.70. The van der Waals surface area contributed by atoms with E-state index in [0.717, 1.165) is 11.6 Å². The summed E-state index contributed by atoms with van der Waals surface area (Å²) in [6, 6.07) is 10.3. The highest BCUT2D eigenvalue weighted by molar-refractivity contribution is 6.76. The minimum absolute atomic E-state index is 0.0526. The Morgan fingerprint density at radius 2 is 1.82 bits per heavy atom. The first-order valence-corrected chi connectivity index (χ1v) is 11.5. The molecule has 5 heteroatoms. The van der Waals surface area contributed by atoms with Gasteiger partial charge in [-0.25, -0.2) is 4.79 Å². The smallest absolute Gasteiger partial charge is 0.411 e. The van der Waals surface area contributed by atoms with E-state index in [1.165, 1.54) is 0 Å². The van der Waals surface area contributed by atoms with Crippen molar-refractivity contribution in [3.63, 3.8) is 0 Å². The number of Topliss-reactive ketones (excluding diaryl/α,β-unsaturated/α-hetero) is 1. The van der Waals surface area contributed by atoms with Crippen molar-refractivity contribution in [1.82, 2.24) is 4.90 Å². The van der Waals surface area contributed by atoms with Crippen LogP contribution in [0, 0.1) is 0 Å². The van der Waals surface area contributed by atoms with E-state index >= 15 is 0 Å². The van der Waals surface area contributed by atoms with Gasteiger partial charge in [0.1, 0.15) is 5.54 Å². The zero-order valence-electron chi connectivity index (χ0n) is 14.1. The highest BCUT2D eigenvalue weighted by atomic mass is 28.3. The average molecular weight is 319 g/mol. The summed E-state index contributed by atoms with van der Waals surface area (Å²) < 4.78 is 5.19. The lowest BCUT2D eigenvalue weighted by atomic mass is 9.97. The molecule has 2 atom stereocenters. The number of nitrogens with zero attached hydrogens (tertiary/aromatic N) is 1. The lowest BCUT2D eigenvalue weighted by molar-refractivity contribution is -0.120. The molecule has 1 heterocycles. The van der Waals surface area contributed by atoms with Crippen molar-refractivity contribution < 1.29 is 14.3 Å². The van der Waals surface area contributed by atoms with E-state index in [1.807, 2.05) is 30.3 Å². The van der Waals surface area contributed by atoms with E-state index in [0.29, 0.717) is 6.61 Å². The number of ketones is 1.